The van der Waals surface area contributed by atoms with Crippen molar-refractivity contribution >= 4 is 16.9 Å². The molecule has 1 aliphatic rings. The van der Waals surface area contributed by atoms with E-state index in [0.29, 0.717) is 11.8 Å². The summed E-state index contributed by atoms with van der Waals surface area (Å²) in [5, 5.41) is -1.02. The summed E-state index contributed by atoms with van der Waals surface area (Å²) < 4.78 is 23.6. The molecule has 1 rings (SSSR count). The first-order valence-electron chi connectivity index (χ1n) is 3.89. The highest BCUT2D eigenvalue weighted by Gasteiger charge is 2.18. The maximum absolute atomic E-state index is 11.8. The van der Waals surface area contributed by atoms with Crippen molar-refractivity contribution in [2.45, 2.75) is 32.1 Å². The Kier molecular flexibility index (Phi) is 3.72. The fourth-order valence-electron chi connectivity index (χ4n) is 1.08. The van der Waals surface area contributed by atoms with Gasteiger partial charge in [0.2, 0.25) is 0 Å². The second kappa shape index (κ2) is 4.60. The maximum atomic E-state index is 11.8. The molecule has 0 spiro atoms. The zero-order valence-electron chi connectivity index (χ0n) is 6.56. The predicted molar refractivity (Wildman–Crippen MR) is 45.2 cm³/mol. The first-order chi connectivity index (χ1) is 5.70. The lowest BCUT2D eigenvalue weighted by Gasteiger charge is -2.10. The summed E-state index contributed by atoms with van der Waals surface area (Å²) in [5.41, 5.74) is 0. The molecule has 4 heteroatoms. The molecule has 0 unspecified atom stereocenters. The van der Waals surface area contributed by atoms with Gasteiger partial charge in [-0.1, -0.05) is 17.8 Å². The molecule has 0 N–H and O–H groups in total. The molecule has 0 fully saturated rings. The van der Waals surface area contributed by atoms with E-state index in [1.165, 1.54) is 0 Å². The summed E-state index contributed by atoms with van der Waals surface area (Å²) in [6, 6.07) is 0. The van der Waals surface area contributed by atoms with Crippen LogP contribution in [0, 0.1) is 0 Å². The van der Waals surface area contributed by atoms with Crippen LogP contribution in [0.15, 0.2) is 11.0 Å². The molecule has 1 nitrogen and oxygen atoms in total. The van der Waals surface area contributed by atoms with E-state index in [1.807, 2.05) is 6.08 Å². The van der Waals surface area contributed by atoms with Crippen molar-refractivity contribution in [3.05, 3.63) is 11.0 Å². The topological polar surface area (TPSA) is 17.1 Å². The highest BCUT2D eigenvalue weighted by Crippen LogP contribution is 2.29. The number of thioether (sulfide) groups is 1. The Balaban J connectivity index is 2.39. The fraction of sp³-hybridized carbons (Fsp3) is 0.625. The summed E-state index contributed by atoms with van der Waals surface area (Å²) in [5.74, 6) is 0. The number of hydrogen-bond donors (Lipinski definition) is 0. The third-order valence-electron chi connectivity index (χ3n) is 1.66. The van der Waals surface area contributed by atoms with Crippen molar-refractivity contribution < 1.29 is 13.6 Å². The summed E-state index contributed by atoms with van der Waals surface area (Å²) in [7, 11) is 0. The SMILES string of the molecule is O=C(SC1=CCCCC1)C(F)F. The van der Waals surface area contributed by atoms with E-state index in [0.717, 1.165) is 30.6 Å². The van der Waals surface area contributed by atoms with Crippen LogP contribution in [0.4, 0.5) is 8.78 Å². The number of allylic oxidation sites excluding steroid dienone is 2. The largest absolute Gasteiger partial charge is 0.306 e. The van der Waals surface area contributed by atoms with Gasteiger partial charge in [-0.15, -0.1) is 0 Å². The van der Waals surface area contributed by atoms with Gasteiger partial charge < -0.3 is 0 Å². The molecule has 0 aromatic carbocycles. The quantitative estimate of drug-likeness (QED) is 0.669. The lowest BCUT2D eigenvalue weighted by atomic mass is 10.1. The molecule has 0 heterocycles. The van der Waals surface area contributed by atoms with Crippen LogP contribution < -0.4 is 0 Å². The second-order valence-corrected chi connectivity index (χ2v) is 3.77. The maximum Gasteiger partial charge on any atom is 0.306 e. The van der Waals surface area contributed by atoms with Crippen LogP contribution in [0.25, 0.3) is 0 Å². The van der Waals surface area contributed by atoms with Crippen LogP contribution in [0.3, 0.4) is 0 Å². The number of hydrogen-bond acceptors (Lipinski definition) is 2. The molecule has 0 saturated heterocycles. The highest BCUT2D eigenvalue weighted by molar-refractivity contribution is 8.17. The van der Waals surface area contributed by atoms with Crippen LogP contribution in [0.1, 0.15) is 25.7 Å². The Morgan fingerprint density at radius 3 is 2.75 bits per heavy atom. The Labute approximate surface area is 74.2 Å². The van der Waals surface area contributed by atoms with E-state index < -0.39 is 11.5 Å². The van der Waals surface area contributed by atoms with Crippen LogP contribution >= 0.6 is 11.8 Å². The Bertz CT molecular complexity index is 201. The van der Waals surface area contributed by atoms with Crippen molar-refractivity contribution in [2.24, 2.45) is 0 Å². The minimum absolute atomic E-state index is 0.701. The number of carbonyl (C=O) groups is 1. The highest BCUT2D eigenvalue weighted by atomic mass is 32.2. The number of alkyl halides is 2. The van der Waals surface area contributed by atoms with E-state index in [2.05, 4.69) is 0 Å². The zero-order chi connectivity index (χ0) is 8.97. The standard InChI is InChI=1S/C8H10F2OS/c9-7(10)8(11)12-6-4-2-1-3-5-6/h4,7H,1-3,5H2. The molecule has 0 aliphatic heterocycles. The van der Waals surface area contributed by atoms with Crippen LogP contribution in [0.2, 0.25) is 0 Å². The van der Waals surface area contributed by atoms with E-state index in [1.54, 1.807) is 0 Å². The van der Waals surface area contributed by atoms with Gasteiger partial charge in [0, 0.05) is 0 Å². The summed E-state index contributed by atoms with van der Waals surface area (Å²) in [6.07, 6.45) is 2.86. The molecular formula is C8H10F2OS. The van der Waals surface area contributed by atoms with Crippen molar-refractivity contribution in [2.75, 3.05) is 0 Å². The first kappa shape index (κ1) is 9.71. The molecule has 68 valence electrons. The molecule has 0 amide bonds. The molecule has 0 saturated carbocycles. The number of rotatable bonds is 2. The average Bonchev–Trinajstić information content (AvgIpc) is 2.06. The monoisotopic (exact) mass is 192 g/mol. The van der Waals surface area contributed by atoms with Gasteiger partial charge in [0.1, 0.15) is 0 Å². The van der Waals surface area contributed by atoms with E-state index >= 15 is 0 Å². The Hall–Kier alpha value is -0.380. The second-order valence-electron chi connectivity index (χ2n) is 2.64. The zero-order valence-corrected chi connectivity index (χ0v) is 7.37. The van der Waals surface area contributed by atoms with Gasteiger partial charge in [0.05, 0.1) is 0 Å². The average molecular weight is 192 g/mol. The lowest BCUT2D eigenvalue weighted by molar-refractivity contribution is -0.120. The van der Waals surface area contributed by atoms with E-state index in [-0.39, 0.29) is 0 Å². The van der Waals surface area contributed by atoms with Gasteiger partial charge in [-0.2, -0.15) is 0 Å². The first-order valence-corrected chi connectivity index (χ1v) is 4.70. The molecule has 1 aliphatic carbocycles. The van der Waals surface area contributed by atoms with Gasteiger partial charge >= 0.3 is 6.43 Å². The molecule has 0 aromatic heterocycles. The van der Waals surface area contributed by atoms with Crippen molar-refractivity contribution in [3.63, 3.8) is 0 Å². The van der Waals surface area contributed by atoms with Crippen LogP contribution in [0.5, 0.6) is 0 Å². The molecule has 0 bridgehead atoms. The van der Waals surface area contributed by atoms with Gasteiger partial charge in [0.15, 0.2) is 0 Å². The van der Waals surface area contributed by atoms with Crippen LogP contribution in [-0.2, 0) is 4.79 Å². The summed E-state index contributed by atoms with van der Waals surface area (Å²) in [4.78, 5) is 11.4. The summed E-state index contributed by atoms with van der Waals surface area (Å²) in [6.45, 7) is 0. The van der Waals surface area contributed by atoms with Crippen LogP contribution in [-0.4, -0.2) is 11.5 Å². The third kappa shape index (κ3) is 2.93. The third-order valence-corrected chi connectivity index (χ3v) is 2.67. The fourth-order valence-corrected chi connectivity index (χ4v) is 1.87. The number of halogens is 2. The minimum Gasteiger partial charge on any atom is -0.280 e. The van der Waals surface area contributed by atoms with E-state index in [4.69, 9.17) is 0 Å². The number of carbonyl (C=O) groups excluding carboxylic acids is 1. The lowest BCUT2D eigenvalue weighted by Crippen LogP contribution is -2.05. The normalized spacial score (nSPS) is 17.8. The van der Waals surface area contributed by atoms with Crippen molar-refractivity contribution in [3.8, 4) is 0 Å². The molecular weight excluding hydrogens is 182 g/mol. The Morgan fingerprint density at radius 1 is 1.50 bits per heavy atom. The molecule has 0 radical (unpaired) electrons. The van der Waals surface area contributed by atoms with Crippen molar-refractivity contribution in [1.82, 2.24) is 0 Å². The molecule has 12 heavy (non-hydrogen) atoms. The summed E-state index contributed by atoms with van der Waals surface area (Å²) >= 11 is 0.701. The van der Waals surface area contributed by atoms with Gasteiger partial charge in [-0.05, 0) is 30.6 Å². The Morgan fingerprint density at radius 2 is 2.25 bits per heavy atom. The van der Waals surface area contributed by atoms with Gasteiger partial charge in [-0.3, -0.25) is 4.79 Å². The minimum atomic E-state index is -2.84. The smallest absolute Gasteiger partial charge is 0.280 e. The van der Waals surface area contributed by atoms with Gasteiger partial charge in [-0.25, -0.2) is 8.78 Å². The van der Waals surface area contributed by atoms with Crippen molar-refractivity contribution in [1.29, 1.82) is 0 Å². The predicted octanol–water partition coefficient (Wildman–Crippen LogP) is 2.97. The van der Waals surface area contributed by atoms with E-state index in [9.17, 15) is 13.6 Å². The molecule has 0 aromatic rings. The molecule has 0 atom stereocenters. The van der Waals surface area contributed by atoms with Gasteiger partial charge in [0.25, 0.3) is 5.12 Å².